The third-order valence-corrected chi connectivity index (χ3v) is 5.05. The second kappa shape index (κ2) is 12.9. The van der Waals surface area contributed by atoms with Crippen molar-refractivity contribution in [2.75, 3.05) is 39.3 Å². The van der Waals surface area contributed by atoms with Crippen molar-refractivity contribution in [1.82, 2.24) is 36.8 Å². The topological polar surface area (TPSA) is 195 Å². The normalized spacial score (nSPS) is 24.7. The molecule has 186 valence electrons. The molecule has 0 aromatic rings. The van der Waals surface area contributed by atoms with Gasteiger partial charge < -0.3 is 36.8 Å². The highest BCUT2D eigenvalue weighted by Crippen LogP contribution is 2.11. The lowest BCUT2D eigenvalue weighted by Crippen LogP contribution is -2.56. The number of hydrogen-bond donors (Lipinski definition) is 6. The van der Waals surface area contributed by atoms with Gasteiger partial charge in [-0.2, -0.15) is 0 Å². The summed E-state index contributed by atoms with van der Waals surface area (Å²) in [6.07, 6.45) is 4.28. The lowest BCUT2D eigenvalue weighted by atomic mass is 10.1. The van der Waals surface area contributed by atoms with E-state index < -0.39 is 86.2 Å². The van der Waals surface area contributed by atoms with Gasteiger partial charge in [0.2, 0.25) is 41.4 Å². The first-order valence-electron chi connectivity index (χ1n) is 10.8. The van der Waals surface area contributed by atoms with Gasteiger partial charge in [-0.1, -0.05) is 12.2 Å². The van der Waals surface area contributed by atoms with Crippen LogP contribution < -0.4 is 31.9 Å². The quantitative estimate of drug-likeness (QED) is 0.189. The van der Waals surface area contributed by atoms with E-state index in [0.717, 1.165) is 0 Å². The third-order valence-electron chi connectivity index (χ3n) is 5.05. The second-order valence-electron chi connectivity index (χ2n) is 7.65. The Balaban J connectivity index is 2.14. The van der Waals surface area contributed by atoms with E-state index in [4.69, 9.17) is 0 Å². The van der Waals surface area contributed by atoms with Crippen LogP contribution in [0, 0.1) is 0 Å². The second-order valence-corrected chi connectivity index (χ2v) is 7.65. The van der Waals surface area contributed by atoms with E-state index in [1.165, 1.54) is 11.8 Å². The number of nitrogens with zero attached hydrogens (tertiary/aromatic N) is 1. The van der Waals surface area contributed by atoms with E-state index in [2.05, 4.69) is 31.9 Å². The van der Waals surface area contributed by atoms with E-state index >= 15 is 0 Å². The van der Waals surface area contributed by atoms with Crippen molar-refractivity contribution in [3.63, 3.8) is 0 Å². The minimum absolute atomic E-state index is 0.197. The Morgan fingerprint density at radius 3 is 1.68 bits per heavy atom. The van der Waals surface area contributed by atoms with E-state index in [0.29, 0.717) is 6.42 Å². The van der Waals surface area contributed by atoms with E-state index in [1.54, 1.807) is 6.08 Å². The first-order valence-corrected chi connectivity index (χ1v) is 10.8. The van der Waals surface area contributed by atoms with Crippen LogP contribution >= 0.6 is 0 Å². The van der Waals surface area contributed by atoms with Crippen molar-refractivity contribution in [1.29, 1.82) is 0 Å². The Morgan fingerprint density at radius 2 is 1.15 bits per heavy atom. The smallest absolute Gasteiger partial charge is 0.246 e. The molecule has 2 atom stereocenters. The number of amides is 7. The number of nitrogens with one attached hydrogen (secondary N) is 6. The van der Waals surface area contributed by atoms with Gasteiger partial charge >= 0.3 is 0 Å². The van der Waals surface area contributed by atoms with E-state index in [1.807, 2.05) is 6.08 Å². The highest BCUT2D eigenvalue weighted by Gasteiger charge is 2.32. The average molecular weight is 479 g/mol. The summed E-state index contributed by atoms with van der Waals surface area (Å²) in [5.74, 6) is -4.29. The Bertz CT molecular complexity index is 873. The minimum Gasteiger partial charge on any atom is -0.346 e. The van der Waals surface area contributed by atoms with Gasteiger partial charge in [-0.05, 0) is 19.8 Å². The zero-order chi connectivity index (χ0) is 25.1. The molecule has 14 heteroatoms. The summed E-state index contributed by atoms with van der Waals surface area (Å²) in [5.41, 5.74) is 0. The van der Waals surface area contributed by atoms with Gasteiger partial charge in [-0.3, -0.25) is 33.6 Å². The molecule has 2 rings (SSSR count). The summed E-state index contributed by atoms with van der Waals surface area (Å²) in [7, 11) is 0. The van der Waals surface area contributed by atoms with Crippen molar-refractivity contribution >= 4 is 41.4 Å². The predicted octanol–water partition coefficient (Wildman–Crippen LogP) is -4.37. The fourth-order valence-electron chi connectivity index (χ4n) is 3.15. The van der Waals surface area contributed by atoms with Crippen LogP contribution in [0.3, 0.4) is 0 Å². The van der Waals surface area contributed by atoms with E-state index in [9.17, 15) is 33.6 Å². The lowest BCUT2D eigenvalue weighted by Gasteiger charge is -2.32. The molecule has 0 spiro atoms. The monoisotopic (exact) mass is 479 g/mol. The van der Waals surface area contributed by atoms with Crippen molar-refractivity contribution < 1.29 is 33.6 Å². The Hall–Kier alpha value is -3.97. The summed E-state index contributed by atoms with van der Waals surface area (Å²) >= 11 is 0. The van der Waals surface area contributed by atoms with Crippen LogP contribution in [0.2, 0.25) is 0 Å². The summed E-state index contributed by atoms with van der Waals surface area (Å²) in [4.78, 5) is 86.5. The molecule has 0 aliphatic carbocycles. The molecular weight excluding hydrogens is 450 g/mol. The highest BCUT2D eigenvalue weighted by molar-refractivity contribution is 5.95. The fraction of sp³-hybridized carbons (Fsp3) is 0.550. The van der Waals surface area contributed by atoms with Gasteiger partial charge in [-0.25, -0.2) is 0 Å². The molecule has 2 aliphatic heterocycles. The van der Waals surface area contributed by atoms with Crippen LogP contribution in [0.15, 0.2) is 12.2 Å². The Kier molecular flexibility index (Phi) is 9.98. The number of fused-ring (bicyclic) bond motifs is 2. The van der Waals surface area contributed by atoms with Gasteiger partial charge in [0.05, 0.1) is 32.7 Å². The van der Waals surface area contributed by atoms with Crippen LogP contribution in [0.1, 0.15) is 19.8 Å². The number of rotatable bonds is 0. The number of carbonyl (C=O) groups excluding carboxylic acids is 7. The molecular formula is C20H29N7O7. The standard InChI is InChI=1S/C20H29N7O7/c1-12-19(33)25-10-17(31)23-8-15(29)21-7-14(28)22-9-16(30)24-11-18(32)26-13-5-3-2-4-6-27(12)20(13)34/h2-3,12-13H,4-11H2,1H3,(H,21,29)(H,22,28)(H,23,31)(H,24,30)(H,25,33)(H,26,32). The molecule has 2 unspecified atom stereocenters. The maximum atomic E-state index is 13.1. The average Bonchev–Trinajstić information content (AvgIpc) is 2.80. The molecule has 2 aliphatic rings. The molecule has 0 aromatic heterocycles. The summed E-state index contributed by atoms with van der Waals surface area (Å²) in [6.45, 7) is -0.408. The molecule has 1 saturated heterocycles. The van der Waals surface area contributed by atoms with Crippen LogP contribution in [0.4, 0.5) is 0 Å². The predicted molar refractivity (Wildman–Crippen MR) is 117 cm³/mol. The molecule has 2 bridgehead atoms. The van der Waals surface area contributed by atoms with Gasteiger partial charge in [0.15, 0.2) is 0 Å². The SMILES string of the molecule is CC1C(=O)NCC(=O)NCC(=O)NCC(=O)NCC(=O)NCC(=O)NC2CC=CCCN1C2=O. The van der Waals surface area contributed by atoms with Crippen molar-refractivity contribution in [2.24, 2.45) is 0 Å². The van der Waals surface area contributed by atoms with Gasteiger partial charge in [0.25, 0.3) is 0 Å². The van der Waals surface area contributed by atoms with Crippen LogP contribution in [0.25, 0.3) is 0 Å². The maximum Gasteiger partial charge on any atom is 0.246 e. The summed E-state index contributed by atoms with van der Waals surface area (Å²) in [5, 5.41) is 14.1. The molecule has 0 aromatic carbocycles. The summed E-state index contributed by atoms with van der Waals surface area (Å²) < 4.78 is 0. The van der Waals surface area contributed by atoms with Crippen molar-refractivity contribution in [2.45, 2.75) is 31.8 Å². The molecule has 2 heterocycles. The zero-order valence-electron chi connectivity index (χ0n) is 18.8. The van der Waals surface area contributed by atoms with Crippen LogP contribution in [0.5, 0.6) is 0 Å². The molecule has 0 radical (unpaired) electrons. The van der Waals surface area contributed by atoms with Crippen molar-refractivity contribution in [3.05, 3.63) is 12.2 Å². The Labute approximate surface area is 195 Å². The maximum absolute atomic E-state index is 13.1. The third kappa shape index (κ3) is 8.52. The van der Waals surface area contributed by atoms with Crippen LogP contribution in [-0.2, 0) is 33.6 Å². The molecule has 0 saturated carbocycles. The van der Waals surface area contributed by atoms with Gasteiger partial charge in [0.1, 0.15) is 12.1 Å². The molecule has 7 amide bonds. The highest BCUT2D eigenvalue weighted by atomic mass is 16.2. The number of hydrogen-bond acceptors (Lipinski definition) is 7. The first kappa shape index (κ1) is 26.3. The largest absolute Gasteiger partial charge is 0.346 e. The van der Waals surface area contributed by atoms with Crippen molar-refractivity contribution in [3.8, 4) is 0 Å². The van der Waals surface area contributed by atoms with Crippen LogP contribution in [-0.4, -0.2) is 97.6 Å². The van der Waals surface area contributed by atoms with Gasteiger partial charge in [-0.15, -0.1) is 0 Å². The molecule has 34 heavy (non-hydrogen) atoms. The lowest BCUT2D eigenvalue weighted by molar-refractivity contribution is -0.143. The summed E-state index contributed by atoms with van der Waals surface area (Å²) in [6, 6.07) is -1.88. The molecule has 14 nitrogen and oxygen atoms in total. The minimum atomic E-state index is -0.953. The molecule has 1 fully saturated rings. The molecule has 6 N–H and O–H groups in total. The number of carbonyl (C=O) groups is 7. The van der Waals surface area contributed by atoms with E-state index in [-0.39, 0.29) is 13.0 Å². The fourth-order valence-corrected chi connectivity index (χ4v) is 3.15. The zero-order valence-corrected chi connectivity index (χ0v) is 18.8. The Morgan fingerprint density at radius 1 is 0.676 bits per heavy atom. The first-order chi connectivity index (χ1) is 16.2. The van der Waals surface area contributed by atoms with Gasteiger partial charge in [0, 0.05) is 6.54 Å².